The molecule has 1 heterocycles. The summed E-state index contributed by atoms with van der Waals surface area (Å²) in [6.07, 6.45) is 1.59. The number of hydrogen-bond donors (Lipinski definition) is 1. The molecule has 0 saturated heterocycles. The number of nitrogens with zero attached hydrogens (tertiary/aromatic N) is 1. The van der Waals surface area contributed by atoms with E-state index in [1.54, 1.807) is 0 Å². The average Bonchev–Trinajstić information content (AvgIpc) is 3.46. The molecule has 1 N–H and O–H groups in total. The fourth-order valence-corrected chi connectivity index (χ4v) is 3.72. The molecule has 1 aromatic heterocycles. The monoisotopic (exact) mass is 400 g/mol. The zero-order valence-corrected chi connectivity index (χ0v) is 16.0. The van der Waals surface area contributed by atoms with Crippen LogP contribution < -0.4 is 0 Å². The van der Waals surface area contributed by atoms with Crippen molar-refractivity contribution >= 4 is 16.8 Å². The summed E-state index contributed by atoms with van der Waals surface area (Å²) < 4.78 is 38.2. The molecule has 1 fully saturated rings. The summed E-state index contributed by atoms with van der Waals surface area (Å²) >= 11 is 0. The number of para-hydroxylation sites is 1. The quantitative estimate of drug-likeness (QED) is 0.543. The summed E-state index contributed by atoms with van der Waals surface area (Å²) in [6, 6.07) is 13.4. The van der Waals surface area contributed by atoms with Crippen molar-refractivity contribution in [3.8, 4) is 0 Å². The highest BCUT2D eigenvalue weighted by atomic mass is 19.4. The van der Waals surface area contributed by atoms with Gasteiger partial charge in [0.15, 0.2) is 0 Å². The zero-order chi connectivity index (χ0) is 20.4. The summed E-state index contributed by atoms with van der Waals surface area (Å²) in [5.74, 6) is 0.0761. The molecule has 0 unspecified atom stereocenters. The minimum absolute atomic E-state index is 0.0761. The lowest BCUT2D eigenvalue weighted by atomic mass is 10.1. The number of hydrogen-bond acceptors (Lipinski definition) is 1. The van der Waals surface area contributed by atoms with Gasteiger partial charge in [-0.2, -0.15) is 13.2 Å². The third kappa shape index (κ3) is 4.63. The third-order valence-electron chi connectivity index (χ3n) is 5.45. The van der Waals surface area contributed by atoms with Crippen molar-refractivity contribution in [3.63, 3.8) is 0 Å². The molecule has 0 atom stereocenters. The zero-order valence-electron chi connectivity index (χ0n) is 16.0. The highest BCUT2D eigenvalue weighted by molar-refractivity contribution is 5.83. The van der Waals surface area contributed by atoms with Gasteiger partial charge in [0.05, 0.1) is 5.56 Å². The van der Waals surface area contributed by atoms with Crippen molar-refractivity contribution in [2.75, 3.05) is 0 Å². The first-order chi connectivity index (χ1) is 13.9. The summed E-state index contributed by atoms with van der Waals surface area (Å²) in [5, 5.41) is 1.18. The second-order valence-electron chi connectivity index (χ2n) is 7.66. The number of fused-ring (bicyclic) bond motifs is 1. The Morgan fingerprint density at radius 1 is 1.07 bits per heavy atom. The Hall–Kier alpha value is -2.76. The van der Waals surface area contributed by atoms with Crippen molar-refractivity contribution in [1.82, 2.24) is 9.88 Å². The number of rotatable bonds is 7. The van der Waals surface area contributed by atoms with E-state index in [1.165, 1.54) is 23.1 Å². The van der Waals surface area contributed by atoms with E-state index >= 15 is 0 Å². The number of carbonyl (C=O) groups excluding carboxylic acids is 1. The van der Waals surface area contributed by atoms with Gasteiger partial charge >= 0.3 is 6.18 Å². The summed E-state index contributed by atoms with van der Waals surface area (Å²) in [4.78, 5) is 17.9. The molecule has 1 amide bonds. The van der Waals surface area contributed by atoms with Crippen LogP contribution in [0.3, 0.4) is 0 Å². The Morgan fingerprint density at radius 2 is 1.79 bits per heavy atom. The first-order valence-electron chi connectivity index (χ1n) is 9.92. The second-order valence-corrected chi connectivity index (χ2v) is 7.66. The number of alkyl halides is 3. The number of halogens is 3. The van der Waals surface area contributed by atoms with E-state index in [0.29, 0.717) is 13.0 Å². The maximum Gasteiger partial charge on any atom is 0.416 e. The van der Waals surface area contributed by atoms with Gasteiger partial charge in [0.25, 0.3) is 0 Å². The van der Waals surface area contributed by atoms with Crippen molar-refractivity contribution in [1.29, 1.82) is 0 Å². The number of carbonyl (C=O) groups is 1. The third-order valence-corrected chi connectivity index (χ3v) is 5.45. The van der Waals surface area contributed by atoms with Gasteiger partial charge in [0, 0.05) is 36.1 Å². The van der Waals surface area contributed by atoms with Gasteiger partial charge in [-0.1, -0.05) is 30.3 Å². The van der Waals surface area contributed by atoms with Crippen molar-refractivity contribution < 1.29 is 18.0 Å². The van der Waals surface area contributed by atoms with E-state index in [1.807, 2.05) is 29.3 Å². The number of benzene rings is 2. The van der Waals surface area contributed by atoms with E-state index in [4.69, 9.17) is 0 Å². The van der Waals surface area contributed by atoms with Crippen LogP contribution in [0.4, 0.5) is 13.2 Å². The Morgan fingerprint density at radius 3 is 2.48 bits per heavy atom. The fourth-order valence-electron chi connectivity index (χ4n) is 3.72. The predicted molar refractivity (Wildman–Crippen MR) is 106 cm³/mol. The van der Waals surface area contributed by atoms with Crippen molar-refractivity contribution in [2.24, 2.45) is 0 Å². The molecule has 0 spiro atoms. The van der Waals surface area contributed by atoms with E-state index in [2.05, 4.69) is 11.1 Å². The molecule has 1 aliphatic rings. The van der Waals surface area contributed by atoms with Gasteiger partial charge in [-0.15, -0.1) is 0 Å². The molecular formula is C23H23F3N2O. The largest absolute Gasteiger partial charge is 0.416 e. The lowest BCUT2D eigenvalue weighted by Gasteiger charge is -2.23. The van der Waals surface area contributed by atoms with E-state index < -0.39 is 11.7 Å². The Labute approximate surface area is 167 Å². The van der Waals surface area contributed by atoms with Gasteiger partial charge in [0.1, 0.15) is 0 Å². The highest BCUT2D eigenvalue weighted by Gasteiger charge is 2.33. The van der Waals surface area contributed by atoms with Crippen LogP contribution >= 0.6 is 0 Å². The van der Waals surface area contributed by atoms with Crippen LogP contribution in [-0.2, 0) is 23.9 Å². The lowest BCUT2D eigenvalue weighted by Crippen LogP contribution is -2.32. The molecular weight excluding hydrogens is 377 g/mol. The average molecular weight is 400 g/mol. The molecule has 29 heavy (non-hydrogen) atoms. The first-order valence-corrected chi connectivity index (χ1v) is 9.92. The molecule has 1 aliphatic carbocycles. The minimum atomic E-state index is -4.34. The summed E-state index contributed by atoms with van der Waals surface area (Å²) in [6.45, 7) is 0.370. The molecule has 152 valence electrons. The molecule has 0 bridgehead atoms. The normalized spacial score (nSPS) is 14.3. The summed E-state index contributed by atoms with van der Waals surface area (Å²) in [7, 11) is 0. The minimum Gasteiger partial charge on any atom is -0.361 e. The first kappa shape index (κ1) is 19.6. The number of aromatic amines is 1. The number of aryl methyl sites for hydroxylation is 1. The van der Waals surface area contributed by atoms with Crippen LogP contribution in [0.25, 0.3) is 10.9 Å². The fraction of sp³-hybridized carbons (Fsp3) is 0.348. The Bertz CT molecular complexity index is 987. The molecule has 0 aliphatic heterocycles. The number of H-pyrrole nitrogens is 1. The van der Waals surface area contributed by atoms with Crippen LogP contribution in [0.2, 0.25) is 0 Å². The van der Waals surface area contributed by atoms with Crippen LogP contribution in [0.15, 0.2) is 54.7 Å². The Balaban J connectivity index is 1.35. The molecule has 4 rings (SSSR count). The van der Waals surface area contributed by atoms with E-state index in [-0.39, 0.29) is 11.9 Å². The Kier molecular flexibility index (Phi) is 5.35. The van der Waals surface area contributed by atoms with Gasteiger partial charge < -0.3 is 9.88 Å². The number of aromatic nitrogens is 1. The maximum absolute atomic E-state index is 12.8. The van der Waals surface area contributed by atoms with E-state index in [9.17, 15) is 18.0 Å². The number of amides is 1. The van der Waals surface area contributed by atoms with Crippen LogP contribution in [-0.4, -0.2) is 21.8 Å². The summed E-state index contributed by atoms with van der Waals surface area (Å²) in [5.41, 5.74) is 2.36. The highest BCUT2D eigenvalue weighted by Crippen LogP contribution is 2.32. The standard InChI is InChI=1S/C23H23F3N2O/c24-23(25,26)18-10-8-16(9-11-18)15-28(19-12-13-19)22(29)7-3-4-17-14-27-21-6-2-1-5-20(17)21/h1-2,5-6,8-11,14,19,27H,3-4,7,12-13,15H2. The molecule has 3 nitrogen and oxygen atoms in total. The smallest absolute Gasteiger partial charge is 0.361 e. The van der Waals surface area contributed by atoms with Crippen LogP contribution in [0.5, 0.6) is 0 Å². The maximum atomic E-state index is 12.8. The van der Waals surface area contributed by atoms with Gasteiger partial charge in [-0.05, 0) is 55.0 Å². The molecule has 2 aromatic carbocycles. The molecule has 6 heteroatoms. The van der Waals surface area contributed by atoms with Crippen molar-refractivity contribution in [3.05, 3.63) is 71.4 Å². The molecule has 3 aromatic rings. The number of nitrogens with one attached hydrogen (secondary N) is 1. The SMILES string of the molecule is O=C(CCCc1c[nH]c2ccccc12)N(Cc1ccc(C(F)(F)F)cc1)C1CC1. The van der Waals surface area contributed by atoms with Crippen LogP contribution in [0.1, 0.15) is 42.4 Å². The second kappa shape index (κ2) is 7.93. The van der Waals surface area contributed by atoms with Gasteiger partial charge in [-0.3, -0.25) is 4.79 Å². The molecule has 0 radical (unpaired) electrons. The topological polar surface area (TPSA) is 36.1 Å². The van der Waals surface area contributed by atoms with Gasteiger partial charge in [0.2, 0.25) is 5.91 Å². The molecule has 1 saturated carbocycles. The predicted octanol–water partition coefficient (Wildman–Crippen LogP) is 5.70. The van der Waals surface area contributed by atoms with Crippen molar-refractivity contribution in [2.45, 2.75) is 50.9 Å². The lowest BCUT2D eigenvalue weighted by molar-refractivity contribution is -0.137. The van der Waals surface area contributed by atoms with Crippen LogP contribution in [0, 0.1) is 0 Å². The van der Waals surface area contributed by atoms with Gasteiger partial charge in [-0.25, -0.2) is 0 Å². The van der Waals surface area contributed by atoms with E-state index in [0.717, 1.165) is 48.9 Å².